The SMILES string of the molecule is [2H]C([2H])([2H])C(OC(=O)F)C([2H])([2H])[2H]. The summed E-state index contributed by atoms with van der Waals surface area (Å²) in [5, 5.41) is 0. The van der Waals surface area contributed by atoms with Crippen molar-refractivity contribution in [2.24, 2.45) is 0 Å². The van der Waals surface area contributed by atoms with E-state index in [-0.39, 0.29) is 0 Å². The molecule has 0 amide bonds. The maximum Gasteiger partial charge on any atom is 0.495 e. The lowest BCUT2D eigenvalue weighted by molar-refractivity contribution is 0.0920. The highest BCUT2D eigenvalue weighted by Crippen LogP contribution is 1.89. The van der Waals surface area contributed by atoms with E-state index in [4.69, 9.17) is 8.22 Å². The van der Waals surface area contributed by atoms with E-state index in [9.17, 15) is 9.18 Å². The number of carbonyl (C=O) groups is 1. The molecule has 2 nitrogen and oxygen atoms in total. The first-order chi connectivity index (χ1) is 5.55. The van der Waals surface area contributed by atoms with Gasteiger partial charge in [-0.15, -0.1) is 4.39 Å². The molecule has 0 aromatic heterocycles. The van der Waals surface area contributed by atoms with Crippen molar-refractivity contribution in [2.75, 3.05) is 0 Å². The van der Waals surface area contributed by atoms with Gasteiger partial charge in [0.15, 0.2) is 0 Å². The second kappa shape index (κ2) is 2.55. The second-order valence-electron chi connectivity index (χ2n) is 0.736. The minimum atomic E-state index is -3.06. The normalized spacial score (nSPS) is 25.4. The van der Waals surface area contributed by atoms with Gasteiger partial charge in [0, 0.05) is 8.22 Å². The molecule has 0 radical (unpaired) electrons. The Kier molecular flexibility index (Phi) is 0.524. The highest BCUT2D eigenvalue weighted by molar-refractivity contribution is 5.58. The zero-order chi connectivity index (χ0) is 10.9. The van der Waals surface area contributed by atoms with Crippen molar-refractivity contribution in [2.45, 2.75) is 19.8 Å². The fourth-order valence-corrected chi connectivity index (χ4v) is 0.0927. The summed E-state index contributed by atoms with van der Waals surface area (Å²) in [7, 11) is 0. The smallest absolute Gasteiger partial charge is 0.438 e. The molecule has 0 N–H and O–H groups in total. The highest BCUT2D eigenvalue weighted by Gasteiger charge is 1.98. The van der Waals surface area contributed by atoms with Crippen molar-refractivity contribution in [3.8, 4) is 0 Å². The van der Waals surface area contributed by atoms with Crippen LogP contribution < -0.4 is 0 Å². The molecule has 3 heteroatoms. The molecule has 0 aliphatic rings. The predicted molar refractivity (Wildman–Crippen MR) is 22.7 cm³/mol. The quantitative estimate of drug-likeness (QED) is 0.480. The summed E-state index contributed by atoms with van der Waals surface area (Å²) < 4.78 is 55.2. The molecule has 42 valence electrons. The minimum Gasteiger partial charge on any atom is -0.438 e. The molecule has 0 aliphatic carbocycles. The lowest BCUT2D eigenvalue weighted by atomic mass is 10.5. The molecule has 7 heavy (non-hydrogen) atoms. The predicted octanol–water partition coefficient (Wildman–Crippen LogP) is 1.50. The number of ether oxygens (including phenoxy) is 1. The van der Waals surface area contributed by atoms with Gasteiger partial charge in [0.1, 0.15) is 0 Å². The summed E-state index contributed by atoms with van der Waals surface area (Å²) in [6.07, 6.45) is -4.84. The molecule has 0 aromatic carbocycles. The third-order valence-corrected chi connectivity index (χ3v) is 0.211. The third kappa shape index (κ3) is 5.40. The molecule has 0 saturated heterocycles. The van der Waals surface area contributed by atoms with Gasteiger partial charge < -0.3 is 4.74 Å². The number of hydrogen-bond acceptors (Lipinski definition) is 2. The number of hydrogen-bond donors (Lipinski definition) is 0. The van der Waals surface area contributed by atoms with Gasteiger partial charge in [0.25, 0.3) is 0 Å². The van der Waals surface area contributed by atoms with Crippen LogP contribution in [0.3, 0.4) is 0 Å². The molecule has 0 heterocycles. The van der Waals surface area contributed by atoms with Gasteiger partial charge in [-0.25, -0.2) is 4.79 Å². The summed E-state index contributed by atoms with van der Waals surface area (Å²) in [5.74, 6) is 0. The first kappa shape index (κ1) is 1.44. The molecule has 0 saturated carbocycles. The van der Waals surface area contributed by atoms with Gasteiger partial charge in [-0.2, -0.15) is 0 Å². The van der Waals surface area contributed by atoms with Crippen LogP contribution in [0.4, 0.5) is 9.18 Å². The topological polar surface area (TPSA) is 26.3 Å². The van der Waals surface area contributed by atoms with Gasteiger partial charge in [-0.1, -0.05) is 0 Å². The van der Waals surface area contributed by atoms with Crippen LogP contribution in [0.1, 0.15) is 21.9 Å². The van der Waals surface area contributed by atoms with Crippen molar-refractivity contribution in [3.05, 3.63) is 0 Å². The van der Waals surface area contributed by atoms with Crippen LogP contribution in [0.2, 0.25) is 0 Å². The average molecular weight is 112 g/mol. The molecular weight excluding hydrogens is 99.0 g/mol. The Hall–Kier alpha value is -0.600. The summed E-state index contributed by atoms with van der Waals surface area (Å²) in [6.45, 7) is -6.12. The summed E-state index contributed by atoms with van der Waals surface area (Å²) in [5.41, 5.74) is 0. The monoisotopic (exact) mass is 112 g/mol. The van der Waals surface area contributed by atoms with Gasteiger partial charge in [0.2, 0.25) is 0 Å². The van der Waals surface area contributed by atoms with E-state index in [1.165, 1.54) is 0 Å². The molecule has 0 rings (SSSR count). The molecular formula is C4H7FO2. The zero-order valence-electron chi connectivity index (χ0n) is 9.27. The number of carbonyl (C=O) groups excluding carboxylic acids is 1. The molecule has 0 fully saturated rings. The number of rotatable bonds is 1. The van der Waals surface area contributed by atoms with Crippen molar-refractivity contribution < 1.29 is 22.1 Å². The zero-order valence-corrected chi connectivity index (χ0v) is 3.27. The second-order valence-corrected chi connectivity index (χ2v) is 0.736. The molecule has 0 spiro atoms. The van der Waals surface area contributed by atoms with Crippen molar-refractivity contribution in [3.63, 3.8) is 0 Å². The Morgan fingerprint density at radius 2 is 2.57 bits per heavy atom. The Balaban J connectivity index is 4.68. The highest BCUT2D eigenvalue weighted by atomic mass is 19.1. The lowest BCUT2D eigenvalue weighted by Gasteiger charge is -1.98. The Labute approximate surface area is 49.7 Å². The van der Waals surface area contributed by atoms with Gasteiger partial charge in [0.05, 0.1) is 6.10 Å². The van der Waals surface area contributed by atoms with Crippen LogP contribution in [0.25, 0.3) is 0 Å². The summed E-state index contributed by atoms with van der Waals surface area (Å²) in [6, 6.07) is 0. The largest absolute Gasteiger partial charge is 0.495 e. The van der Waals surface area contributed by atoms with Crippen LogP contribution in [0.15, 0.2) is 0 Å². The summed E-state index contributed by atoms with van der Waals surface area (Å²) >= 11 is 0. The maximum absolute atomic E-state index is 11.7. The van der Waals surface area contributed by atoms with Gasteiger partial charge >= 0.3 is 6.22 Å². The first-order valence-corrected chi connectivity index (χ1v) is 1.41. The van der Waals surface area contributed by atoms with E-state index < -0.39 is 26.0 Å². The third-order valence-electron chi connectivity index (χ3n) is 0.211. The Morgan fingerprint density at radius 3 is 2.71 bits per heavy atom. The Bertz CT molecular complexity index is 182. The van der Waals surface area contributed by atoms with E-state index >= 15 is 0 Å². The average Bonchev–Trinajstić information content (AvgIpc) is 1.77. The van der Waals surface area contributed by atoms with Crippen LogP contribution in [-0.4, -0.2) is 12.3 Å². The van der Waals surface area contributed by atoms with E-state index in [2.05, 4.69) is 4.74 Å². The fourth-order valence-electron chi connectivity index (χ4n) is 0.0927. The standard InChI is InChI=1S/C4H7FO2/c1-3(2)7-4(5)6/h3H,1-2H3/i1D3,2D3. The Morgan fingerprint density at radius 1 is 2.00 bits per heavy atom. The number of halogens is 1. The van der Waals surface area contributed by atoms with Crippen LogP contribution in [-0.2, 0) is 4.74 Å². The van der Waals surface area contributed by atoms with E-state index in [0.29, 0.717) is 0 Å². The minimum absolute atomic E-state index is 2.42. The van der Waals surface area contributed by atoms with Crippen LogP contribution >= 0.6 is 0 Å². The van der Waals surface area contributed by atoms with E-state index in [1.54, 1.807) is 0 Å². The molecule has 0 unspecified atom stereocenters. The summed E-state index contributed by atoms with van der Waals surface area (Å²) in [4.78, 5) is 9.76. The van der Waals surface area contributed by atoms with Crippen molar-refractivity contribution in [1.29, 1.82) is 0 Å². The molecule has 0 aromatic rings. The molecule has 0 bridgehead atoms. The molecule has 0 aliphatic heterocycles. The lowest BCUT2D eigenvalue weighted by Crippen LogP contribution is -2.03. The van der Waals surface area contributed by atoms with Crippen molar-refractivity contribution >= 4 is 6.22 Å². The van der Waals surface area contributed by atoms with E-state index in [1.807, 2.05) is 0 Å². The van der Waals surface area contributed by atoms with Crippen molar-refractivity contribution in [1.82, 2.24) is 0 Å². The fraction of sp³-hybridized carbons (Fsp3) is 0.750. The maximum atomic E-state index is 11.7. The van der Waals surface area contributed by atoms with Gasteiger partial charge in [-0.3, -0.25) is 0 Å². The van der Waals surface area contributed by atoms with E-state index in [0.717, 1.165) is 0 Å². The molecule has 0 atom stereocenters. The van der Waals surface area contributed by atoms with Crippen LogP contribution in [0, 0.1) is 0 Å². The van der Waals surface area contributed by atoms with Gasteiger partial charge in [-0.05, 0) is 13.7 Å². The van der Waals surface area contributed by atoms with Crippen LogP contribution in [0.5, 0.6) is 0 Å². The first-order valence-electron chi connectivity index (χ1n) is 4.41.